The molecule has 0 fully saturated rings. The van der Waals surface area contributed by atoms with E-state index >= 15 is 0 Å². The van der Waals surface area contributed by atoms with E-state index in [-0.39, 0.29) is 0 Å². The number of nitrogens with two attached hydrogens (primary N) is 1. The number of carbonyl (C=O) groups is 1. The van der Waals surface area contributed by atoms with E-state index in [0.29, 0.717) is 0 Å². The van der Waals surface area contributed by atoms with Gasteiger partial charge in [0.25, 0.3) is 0 Å². The number of benzene rings is 1. The van der Waals surface area contributed by atoms with E-state index in [1.165, 1.54) is 6.20 Å². The van der Waals surface area contributed by atoms with E-state index in [0.717, 1.165) is 11.1 Å². The summed E-state index contributed by atoms with van der Waals surface area (Å²) in [6, 6.07) is 7.17. The molecule has 14 heavy (non-hydrogen) atoms. The number of urea groups is 1. The van der Waals surface area contributed by atoms with Gasteiger partial charge in [-0.1, -0.05) is 36.9 Å². The minimum Gasteiger partial charge on any atom is -0.351 e. The van der Waals surface area contributed by atoms with Gasteiger partial charge in [-0.05, 0) is 17.2 Å². The van der Waals surface area contributed by atoms with Crippen LogP contribution in [0.5, 0.6) is 0 Å². The Kier molecular flexibility index (Phi) is 3.49. The second-order valence-electron chi connectivity index (χ2n) is 2.71. The van der Waals surface area contributed by atoms with Crippen molar-refractivity contribution in [1.82, 2.24) is 5.32 Å². The molecule has 0 aliphatic heterocycles. The fourth-order valence-electron chi connectivity index (χ4n) is 0.963. The van der Waals surface area contributed by atoms with E-state index in [2.05, 4.69) is 11.9 Å². The molecule has 1 aromatic rings. The predicted molar refractivity (Wildman–Crippen MR) is 58.3 cm³/mol. The van der Waals surface area contributed by atoms with Crippen LogP contribution in [-0.4, -0.2) is 6.03 Å². The molecule has 0 radical (unpaired) electrons. The van der Waals surface area contributed by atoms with Crippen molar-refractivity contribution in [2.45, 2.75) is 0 Å². The molecule has 0 aliphatic rings. The molecule has 0 saturated heterocycles. The predicted octanol–water partition coefficient (Wildman–Crippen LogP) is 1.97. The van der Waals surface area contributed by atoms with Gasteiger partial charge < -0.3 is 11.1 Å². The number of amides is 2. The molecule has 0 aromatic heterocycles. The van der Waals surface area contributed by atoms with Gasteiger partial charge in [-0.2, -0.15) is 0 Å². The Bertz CT molecular complexity index is 352. The number of nitrogens with one attached hydrogen (secondary N) is 1. The Balaban J connectivity index is 2.63. The highest BCUT2D eigenvalue weighted by Crippen LogP contribution is 2.06. The highest BCUT2D eigenvalue weighted by molar-refractivity contribution is 5.73. The first kappa shape index (κ1) is 10.1. The van der Waals surface area contributed by atoms with Gasteiger partial charge in [0.1, 0.15) is 0 Å². The Morgan fingerprint density at radius 3 is 2.36 bits per heavy atom. The summed E-state index contributed by atoms with van der Waals surface area (Å²) in [4.78, 5) is 10.3. The van der Waals surface area contributed by atoms with Crippen molar-refractivity contribution in [3.8, 4) is 0 Å². The second kappa shape index (κ2) is 4.87. The van der Waals surface area contributed by atoms with Gasteiger partial charge in [0.05, 0.1) is 0 Å². The third-order valence-electron chi connectivity index (χ3n) is 1.67. The van der Waals surface area contributed by atoms with Crippen molar-refractivity contribution in [2.75, 3.05) is 0 Å². The Morgan fingerprint density at radius 1 is 1.29 bits per heavy atom. The van der Waals surface area contributed by atoms with E-state index in [1.54, 1.807) is 12.2 Å². The van der Waals surface area contributed by atoms with E-state index in [1.807, 2.05) is 24.3 Å². The molecule has 0 unspecified atom stereocenters. The summed E-state index contributed by atoms with van der Waals surface area (Å²) < 4.78 is 0. The molecule has 0 atom stereocenters. The smallest absolute Gasteiger partial charge is 0.316 e. The molecule has 0 spiro atoms. The van der Waals surface area contributed by atoms with Crippen LogP contribution in [0, 0.1) is 0 Å². The molecule has 0 heterocycles. The molecule has 3 N–H and O–H groups in total. The van der Waals surface area contributed by atoms with Crippen molar-refractivity contribution in [2.24, 2.45) is 5.73 Å². The zero-order valence-corrected chi connectivity index (χ0v) is 7.73. The number of carbonyl (C=O) groups excluding carboxylic acids is 1. The number of primary amides is 1. The Morgan fingerprint density at radius 2 is 1.86 bits per heavy atom. The van der Waals surface area contributed by atoms with E-state index < -0.39 is 6.03 Å². The fraction of sp³-hybridized carbons (Fsp3) is 0. The minimum atomic E-state index is -0.566. The van der Waals surface area contributed by atoms with E-state index in [4.69, 9.17) is 5.73 Å². The first-order chi connectivity index (χ1) is 6.72. The van der Waals surface area contributed by atoms with Gasteiger partial charge in [0.15, 0.2) is 0 Å². The van der Waals surface area contributed by atoms with Gasteiger partial charge in [-0.3, -0.25) is 0 Å². The van der Waals surface area contributed by atoms with Crippen LogP contribution in [-0.2, 0) is 0 Å². The average Bonchev–Trinajstić information content (AvgIpc) is 2.18. The summed E-state index contributed by atoms with van der Waals surface area (Å²) in [6.07, 6.45) is 5.04. The number of hydrogen-bond acceptors (Lipinski definition) is 1. The molecule has 3 nitrogen and oxygen atoms in total. The molecule has 3 heteroatoms. The van der Waals surface area contributed by atoms with Gasteiger partial charge in [-0.25, -0.2) is 4.79 Å². The van der Waals surface area contributed by atoms with Gasteiger partial charge in [0.2, 0.25) is 0 Å². The minimum absolute atomic E-state index is 0.566. The molecule has 72 valence electrons. The normalized spacial score (nSPS) is 10.0. The SMILES string of the molecule is C=Cc1ccc(C=CNC(N)=O)cc1. The lowest BCUT2D eigenvalue weighted by atomic mass is 10.1. The lowest BCUT2D eigenvalue weighted by Crippen LogP contribution is -2.23. The van der Waals surface area contributed by atoms with Crippen LogP contribution in [0.2, 0.25) is 0 Å². The van der Waals surface area contributed by atoms with Crippen molar-refractivity contribution in [3.05, 3.63) is 48.2 Å². The van der Waals surface area contributed by atoms with Crippen molar-refractivity contribution >= 4 is 18.2 Å². The summed E-state index contributed by atoms with van der Waals surface area (Å²) in [5.41, 5.74) is 6.94. The first-order valence-corrected chi connectivity index (χ1v) is 4.17. The maximum Gasteiger partial charge on any atom is 0.316 e. The quantitative estimate of drug-likeness (QED) is 0.748. The van der Waals surface area contributed by atoms with E-state index in [9.17, 15) is 4.79 Å². The van der Waals surface area contributed by atoms with Crippen LogP contribution in [0.1, 0.15) is 11.1 Å². The van der Waals surface area contributed by atoms with Crippen LogP contribution < -0.4 is 11.1 Å². The molecule has 1 rings (SSSR count). The third-order valence-corrected chi connectivity index (χ3v) is 1.67. The second-order valence-corrected chi connectivity index (χ2v) is 2.71. The third kappa shape index (κ3) is 3.15. The van der Waals surface area contributed by atoms with Crippen LogP contribution in [0.25, 0.3) is 12.2 Å². The van der Waals surface area contributed by atoms with Crippen LogP contribution in [0.3, 0.4) is 0 Å². The summed E-state index contributed by atoms with van der Waals surface area (Å²) in [7, 11) is 0. The Labute approximate surface area is 82.9 Å². The monoisotopic (exact) mass is 188 g/mol. The molecule has 0 bridgehead atoms. The standard InChI is InChI=1S/C11H12N2O/c1-2-9-3-5-10(6-4-9)7-8-13-11(12)14/h2-8H,1H2,(H3,12,13,14). The zero-order valence-electron chi connectivity index (χ0n) is 7.73. The maximum atomic E-state index is 10.3. The zero-order chi connectivity index (χ0) is 10.4. The van der Waals surface area contributed by atoms with Crippen LogP contribution in [0.4, 0.5) is 4.79 Å². The molecule has 2 amide bonds. The van der Waals surface area contributed by atoms with Gasteiger partial charge >= 0.3 is 6.03 Å². The summed E-state index contributed by atoms with van der Waals surface area (Å²) >= 11 is 0. The fourth-order valence-corrected chi connectivity index (χ4v) is 0.963. The number of hydrogen-bond donors (Lipinski definition) is 2. The first-order valence-electron chi connectivity index (χ1n) is 4.17. The lowest BCUT2D eigenvalue weighted by molar-refractivity contribution is 0.252. The number of rotatable bonds is 3. The molecule has 1 aromatic carbocycles. The summed E-state index contributed by atoms with van der Waals surface area (Å²) in [6.45, 7) is 3.65. The highest BCUT2D eigenvalue weighted by Gasteiger charge is 1.87. The summed E-state index contributed by atoms with van der Waals surface area (Å²) in [5.74, 6) is 0. The lowest BCUT2D eigenvalue weighted by Gasteiger charge is -1.95. The molecule has 0 aliphatic carbocycles. The maximum absolute atomic E-state index is 10.3. The Hall–Kier alpha value is -2.03. The van der Waals surface area contributed by atoms with Crippen molar-refractivity contribution in [3.63, 3.8) is 0 Å². The molecule has 0 saturated carbocycles. The largest absolute Gasteiger partial charge is 0.351 e. The van der Waals surface area contributed by atoms with Crippen molar-refractivity contribution in [1.29, 1.82) is 0 Å². The van der Waals surface area contributed by atoms with Gasteiger partial charge in [0, 0.05) is 6.20 Å². The van der Waals surface area contributed by atoms with Gasteiger partial charge in [-0.15, -0.1) is 0 Å². The summed E-state index contributed by atoms with van der Waals surface area (Å²) in [5, 5.41) is 2.36. The molecular formula is C11H12N2O. The average molecular weight is 188 g/mol. The van der Waals surface area contributed by atoms with Crippen LogP contribution in [0.15, 0.2) is 37.0 Å². The molecular weight excluding hydrogens is 176 g/mol. The highest BCUT2D eigenvalue weighted by atomic mass is 16.2. The van der Waals surface area contributed by atoms with Crippen molar-refractivity contribution < 1.29 is 4.79 Å². The topological polar surface area (TPSA) is 55.1 Å². The van der Waals surface area contributed by atoms with Crippen LogP contribution >= 0.6 is 0 Å².